The van der Waals surface area contributed by atoms with Crippen LogP contribution in [0.3, 0.4) is 0 Å². The molecule has 80 valence electrons. The molecular weight excluding hydrogens is 192 g/mol. The van der Waals surface area contributed by atoms with Crippen molar-refractivity contribution in [2.24, 2.45) is 11.8 Å². The van der Waals surface area contributed by atoms with E-state index in [9.17, 15) is 4.79 Å². The lowest BCUT2D eigenvalue weighted by atomic mass is 10.1. The molecule has 0 saturated heterocycles. The van der Waals surface area contributed by atoms with Gasteiger partial charge in [0, 0.05) is 11.3 Å². The van der Waals surface area contributed by atoms with E-state index < -0.39 is 0 Å². The van der Waals surface area contributed by atoms with Crippen LogP contribution in [-0.4, -0.2) is 22.8 Å². The lowest BCUT2D eigenvalue weighted by Crippen LogP contribution is -2.07. The Labute approximate surface area is 88.0 Å². The topological polar surface area (TPSA) is 55.0 Å². The number of aromatic nitrogens is 2. The monoisotopic (exact) mass is 206 g/mol. The first-order valence-electron chi connectivity index (χ1n) is 5.48. The van der Waals surface area contributed by atoms with E-state index in [1.807, 2.05) is 6.92 Å². The van der Waals surface area contributed by atoms with E-state index in [4.69, 9.17) is 4.74 Å². The quantitative estimate of drug-likeness (QED) is 0.746. The van der Waals surface area contributed by atoms with Crippen molar-refractivity contribution >= 4 is 5.97 Å². The van der Waals surface area contributed by atoms with Crippen molar-refractivity contribution in [3.8, 4) is 0 Å². The van der Waals surface area contributed by atoms with Crippen molar-refractivity contribution in [1.29, 1.82) is 0 Å². The second-order valence-electron chi connectivity index (χ2n) is 4.44. The summed E-state index contributed by atoms with van der Waals surface area (Å²) in [4.78, 5) is 11.6. The summed E-state index contributed by atoms with van der Waals surface area (Å²) in [7, 11) is 0. The number of ether oxygens (including phenoxy) is 1. The van der Waals surface area contributed by atoms with Gasteiger partial charge in [0.1, 0.15) is 0 Å². The minimum absolute atomic E-state index is 0.283. The molecule has 2 aliphatic carbocycles. The summed E-state index contributed by atoms with van der Waals surface area (Å²) in [5, 5.41) is 7.02. The summed E-state index contributed by atoms with van der Waals surface area (Å²) in [6, 6.07) is 0. The average molecular weight is 206 g/mol. The first-order valence-corrected chi connectivity index (χ1v) is 5.48. The molecule has 2 aliphatic rings. The number of carbonyl (C=O) groups excluding carboxylic acids is 1. The Bertz CT molecular complexity index is 424. The van der Waals surface area contributed by atoms with Gasteiger partial charge < -0.3 is 4.74 Å². The Morgan fingerprint density at radius 2 is 2.47 bits per heavy atom. The first-order chi connectivity index (χ1) is 7.24. The zero-order valence-corrected chi connectivity index (χ0v) is 8.91. The van der Waals surface area contributed by atoms with Crippen molar-refractivity contribution in [2.45, 2.75) is 26.2 Å². The molecule has 1 fully saturated rings. The Kier molecular flexibility index (Phi) is 1.69. The van der Waals surface area contributed by atoms with Gasteiger partial charge in [0.15, 0.2) is 5.69 Å². The summed E-state index contributed by atoms with van der Waals surface area (Å²) in [6.45, 7) is 4.46. The number of fused-ring (bicyclic) bond motifs is 3. The molecule has 4 heteroatoms. The van der Waals surface area contributed by atoms with Crippen LogP contribution in [0.4, 0.5) is 0 Å². The van der Waals surface area contributed by atoms with Crippen LogP contribution in [0.15, 0.2) is 0 Å². The third-order valence-electron chi connectivity index (χ3n) is 3.69. The fourth-order valence-corrected chi connectivity index (χ4v) is 2.83. The SMILES string of the molecule is CCOC(=O)c1n[nH]c2c1C1C(C)C1C2. The maximum atomic E-state index is 11.6. The molecular formula is C11H14N2O2. The molecule has 0 bridgehead atoms. The summed E-state index contributed by atoms with van der Waals surface area (Å²) in [5.74, 6) is 1.72. The molecule has 1 saturated carbocycles. The van der Waals surface area contributed by atoms with Crippen molar-refractivity contribution in [3.05, 3.63) is 17.0 Å². The Morgan fingerprint density at radius 3 is 3.20 bits per heavy atom. The lowest BCUT2D eigenvalue weighted by molar-refractivity contribution is 0.0518. The predicted octanol–water partition coefficient (Wildman–Crippen LogP) is 1.49. The lowest BCUT2D eigenvalue weighted by Gasteiger charge is -2.01. The van der Waals surface area contributed by atoms with Crippen LogP contribution in [0.1, 0.15) is 41.5 Å². The van der Waals surface area contributed by atoms with Crippen LogP contribution in [0, 0.1) is 11.8 Å². The second kappa shape index (κ2) is 2.84. The van der Waals surface area contributed by atoms with Crippen molar-refractivity contribution in [1.82, 2.24) is 10.2 Å². The summed E-state index contributed by atoms with van der Waals surface area (Å²) >= 11 is 0. The van der Waals surface area contributed by atoms with Gasteiger partial charge in [-0.2, -0.15) is 5.10 Å². The molecule has 1 aromatic heterocycles. The molecule has 0 aliphatic heterocycles. The highest BCUT2D eigenvalue weighted by molar-refractivity contribution is 5.90. The highest BCUT2D eigenvalue weighted by atomic mass is 16.5. The summed E-state index contributed by atoms with van der Waals surface area (Å²) < 4.78 is 4.99. The number of nitrogens with one attached hydrogen (secondary N) is 1. The van der Waals surface area contributed by atoms with Crippen LogP contribution in [-0.2, 0) is 11.2 Å². The van der Waals surface area contributed by atoms with Crippen LogP contribution < -0.4 is 0 Å². The molecule has 0 aromatic carbocycles. The normalized spacial score (nSPS) is 30.9. The Hall–Kier alpha value is -1.32. The molecule has 1 heterocycles. The van der Waals surface area contributed by atoms with E-state index in [1.54, 1.807) is 0 Å². The minimum atomic E-state index is -0.283. The molecule has 3 unspecified atom stereocenters. The molecule has 15 heavy (non-hydrogen) atoms. The highest BCUT2D eigenvalue weighted by Crippen LogP contribution is 2.61. The molecule has 3 atom stereocenters. The van der Waals surface area contributed by atoms with Gasteiger partial charge in [-0.3, -0.25) is 5.10 Å². The molecule has 0 spiro atoms. The highest BCUT2D eigenvalue weighted by Gasteiger charge is 2.55. The number of H-pyrrole nitrogens is 1. The zero-order chi connectivity index (χ0) is 10.6. The summed E-state index contributed by atoms with van der Waals surface area (Å²) in [5.41, 5.74) is 2.79. The summed E-state index contributed by atoms with van der Waals surface area (Å²) in [6.07, 6.45) is 1.05. The Balaban J connectivity index is 1.95. The number of hydrogen-bond acceptors (Lipinski definition) is 3. The number of esters is 1. The number of carbonyl (C=O) groups is 1. The van der Waals surface area contributed by atoms with Crippen LogP contribution in [0.5, 0.6) is 0 Å². The van der Waals surface area contributed by atoms with Gasteiger partial charge in [0.05, 0.1) is 6.61 Å². The van der Waals surface area contributed by atoms with Gasteiger partial charge in [-0.25, -0.2) is 4.79 Å². The van der Waals surface area contributed by atoms with Crippen LogP contribution in [0.25, 0.3) is 0 Å². The van der Waals surface area contributed by atoms with E-state index in [-0.39, 0.29) is 5.97 Å². The maximum absolute atomic E-state index is 11.6. The van der Waals surface area contributed by atoms with Crippen molar-refractivity contribution in [3.63, 3.8) is 0 Å². The van der Waals surface area contributed by atoms with Crippen LogP contribution >= 0.6 is 0 Å². The van der Waals surface area contributed by atoms with Gasteiger partial charge in [-0.05, 0) is 31.1 Å². The standard InChI is InChI=1S/C11H14N2O2/c1-3-15-11(14)10-9-7(12-13-10)4-6-5(2)8(6)9/h5-6,8H,3-4H2,1-2H3,(H,12,13). The van der Waals surface area contributed by atoms with E-state index in [0.29, 0.717) is 24.1 Å². The molecule has 1 aromatic rings. The third-order valence-corrected chi connectivity index (χ3v) is 3.69. The largest absolute Gasteiger partial charge is 0.461 e. The average Bonchev–Trinajstić information content (AvgIpc) is 2.63. The molecule has 0 amide bonds. The fraction of sp³-hybridized carbons (Fsp3) is 0.636. The second-order valence-corrected chi connectivity index (χ2v) is 4.44. The molecule has 4 nitrogen and oxygen atoms in total. The van der Waals surface area contributed by atoms with Gasteiger partial charge >= 0.3 is 5.97 Å². The number of rotatable bonds is 2. The number of nitrogens with zero attached hydrogens (tertiary/aromatic N) is 1. The fourth-order valence-electron chi connectivity index (χ4n) is 2.83. The van der Waals surface area contributed by atoms with E-state index in [1.165, 1.54) is 0 Å². The number of hydrogen-bond donors (Lipinski definition) is 1. The smallest absolute Gasteiger partial charge is 0.359 e. The minimum Gasteiger partial charge on any atom is -0.461 e. The van der Waals surface area contributed by atoms with Crippen molar-refractivity contribution < 1.29 is 9.53 Å². The maximum Gasteiger partial charge on any atom is 0.359 e. The van der Waals surface area contributed by atoms with E-state index in [0.717, 1.165) is 23.6 Å². The van der Waals surface area contributed by atoms with Crippen molar-refractivity contribution in [2.75, 3.05) is 6.61 Å². The zero-order valence-electron chi connectivity index (χ0n) is 8.91. The van der Waals surface area contributed by atoms with Crippen LogP contribution in [0.2, 0.25) is 0 Å². The Morgan fingerprint density at radius 1 is 1.67 bits per heavy atom. The molecule has 3 rings (SSSR count). The first kappa shape index (κ1) is 8.95. The predicted molar refractivity (Wildman–Crippen MR) is 53.6 cm³/mol. The van der Waals surface area contributed by atoms with E-state index in [2.05, 4.69) is 17.1 Å². The van der Waals surface area contributed by atoms with Gasteiger partial charge in [-0.15, -0.1) is 0 Å². The molecule has 0 radical (unpaired) electrons. The number of aromatic amines is 1. The van der Waals surface area contributed by atoms with Gasteiger partial charge in [-0.1, -0.05) is 6.92 Å². The third kappa shape index (κ3) is 1.07. The van der Waals surface area contributed by atoms with E-state index >= 15 is 0 Å². The van der Waals surface area contributed by atoms with Gasteiger partial charge in [0.25, 0.3) is 0 Å². The molecule has 1 N–H and O–H groups in total. The van der Waals surface area contributed by atoms with Gasteiger partial charge in [0.2, 0.25) is 0 Å².